The number of carbonyl (C=O) groups excluding carboxylic acids is 2. The molecule has 0 aromatic heterocycles. The first-order valence-corrected chi connectivity index (χ1v) is 10.5. The molecule has 0 unspecified atom stereocenters. The highest BCUT2D eigenvalue weighted by Gasteiger charge is 2.26. The molecule has 0 aliphatic heterocycles. The number of benzene rings is 2. The molecule has 2 aromatic carbocycles. The number of rotatable bonds is 7. The lowest BCUT2D eigenvalue weighted by Gasteiger charge is -2.30. The van der Waals surface area contributed by atoms with Gasteiger partial charge in [-0.3, -0.25) is 9.59 Å². The molecule has 2 aromatic rings. The van der Waals surface area contributed by atoms with E-state index >= 15 is 0 Å². The van der Waals surface area contributed by atoms with Gasteiger partial charge in [-0.15, -0.1) is 0 Å². The predicted octanol–water partition coefficient (Wildman–Crippen LogP) is 4.21. The van der Waals surface area contributed by atoms with Crippen LogP contribution in [-0.2, 0) is 29.2 Å². The Morgan fingerprint density at radius 1 is 1.00 bits per heavy atom. The lowest BCUT2D eigenvalue weighted by molar-refractivity contribution is -0.137. The molecule has 2 amide bonds. The third kappa shape index (κ3) is 5.91. The lowest BCUT2D eigenvalue weighted by Crippen LogP contribution is -2.36. The van der Waals surface area contributed by atoms with Crippen LogP contribution in [0.1, 0.15) is 55.7 Å². The quantitative estimate of drug-likeness (QED) is 0.740. The molecule has 3 N–H and O–H groups in total. The molecule has 0 bridgehead atoms. The third-order valence-electron chi connectivity index (χ3n) is 5.56. The summed E-state index contributed by atoms with van der Waals surface area (Å²) in [6, 6.07) is 15.8. The Kier molecular flexibility index (Phi) is 7.42. The fourth-order valence-electron chi connectivity index (χ4n) is 4.07. The first kappa shape index (κ1) is 21.1. The maximum Gasteiger partial charge on any atom is 0.226 e. The van der Waals surface area contributed by atoms with Crippen LogP contribution in [0.15, 0.2) is 48.5 Å². The zero-order valence-corrected chi connectivity index (χ0v) is 17.2. The summed E-state index contributed by atoms with van der Waals surface area (Å²) in [4.78, 5) is 26.9. The van der Waals surface area contributed by atoms with Crippen molar-refractivity contribution in [2.45, 2.75) is 58.7 Å². The second kappa shape index (κ2) is 10.2. The first-order valence-electron chi connectivity index (χ1n) is 10.5. The minimum atomic E-state index is -0.113. The summed E-state index contributed by atoms with van der Waals surface area (Å²) in [6.45, 7) is 2.99. The monoisotopic (exact) mass is 393 g/mol. The van der Waals surface area contributed by atoms with Crippen molar-refractivity contribution in [3.8, 4) is 0 Å². The average Bonchev–Trinajstić information content (AvgIpc) is 2.74. The van der Waals surface area contributed by atoms with Crippen molar-refractivity contribution in [2.75, 3.05) is 5.32 Å². The van der Waals surface area contributed by atoms with Crippen molar-refractivity contribution in [2.24, 2.45) is 11.7 Å². The van der Waals surface area contributed by atoms with Gasteiger partial charge in [0.25, 0.3) is 0 Å². The minimum absolute atomic E-state index is 0.0920. The molecule has 154 valence electrons. The van der Waals surface area contributed by atoms with Gasteiger partial charge in [0.05, 0.1) is 0 Å². The van der Waals surface area contributed by atoms with E-state index in [2.05, 4.69) is 11.4 Å². The molecule has 29 heavy (non-hydrogen) atoms. The van der Waals surface area contributed by atoms with Gasteiger partial charge in [-0.1, -0.05) is 61.7 Å². The molecule has 0 saturated heterocycles. The van der Waals surface area contributed by atoms with Crippen LogP contribution >= 0.6 is 0 Å². The topological polar surface area (TPSA) is 75.4 Å². The van der Waals surface area contributed by atoms with Gasteiger partial charge in [0, 0.05) is 38.2 Å². The fraction of sp³-hybridized carbons (Fsp3) is 0.417. The second-order valence-electron chi connectivity index (χ2n) is 7.89. The molecule has 0 atom stereocenters. The molecule has 3 rings (SSSR count). The standard InChI is InChI=1S/C24H31N3O2/c1-18(28)26-23-13-6-5-12-22(23)17-27(24(29)21-10-3-2-4-11-21)16-20-9-7-8-19(14-20)15-25/h5-9,12-14,21H,2-4,10-11,15-17,25H2,1H3,(H,26,28). The van der Waals surface area contributed by atoms with Crippen LogP contribution in [0.2, 0.25) is 0 Å². The number of nitrogens with zero attached hydrogens (tertiary/aromatic N) is 1. The predicted molar refractivity (Wildman–Crippen MR) is 116 cm³/mol. The van der Waals surface area contributed by atoms with Gasteiger partial charge < -0.3 is 16.0 Å². The first-order chi connectivity index (χ1) is 14.1. The van der Waals surface area contributed by atoms with Gasteiger partial charge in [-0.2, -0.15) is 0 Å². The number of nitrogens with two attached hydrogens (primary N) is 1. The van der Waals surface area contributed by atoms with E-state index in [4.69, 9.17) is 5.73 Å². The smallest absolute Gasteiger partial charge is 0.226 e. The van der Waals surface area contributed by atoms with Crippen LogP contribution in [0.5, 0.6) is 0 Å². The van der Waals surface area contributed by atoms with Crippen molar-refractivity contribution in [1.29, 1.82) is 0 Å². The van der Waals surface area contributed by atoms with Crippen LogP contribution in [0.3, 0.4) is 0 Å². The Bertz CT molecular complexity index is 844. The summed E-state index contributed by atoms with van der Waals surface area (Å²) in [6.07, 6.45) is 5.38. The molecule has 1 aliphatic rings. The Labute approximate surface area is 173 Å². The van der Waals surface area contributed by atoms with Gasteiger partial charge in [0.15, 0.2) is 0 Å². The maximum absolute atomic E-state index is 13.4. The molecular formula is C24H31N3O2. The highest BCUT2D eigenvalue weighted by Crippen LogP contribution is 2.28. The van der Waals surface area contributed by atoms with Crippen molar-refractivity contribution in [1.82, 2.24) is 4.90 Å². The van der Waals surface area contributed by atoms with E-state index in [1.807, 2.05) is 47.4 Å². The summed E-state index contributed by atoms with van der Waals surface area (Å²) in [5.74, 6) is 0.188. The molecule has 5 heteroatoms. The number of hydrogen-bond donors (Lipinski definition) is 2. The Hall–Kier alpha value is -2.66. The van der Waals surface area contributed by atoms with E-state index in [1.54, 1.807) is 0 Å². The number of nitrogens with one attached hydrogen (secondary N) is 1. The van der Waals surface area contributed by atoms with E-state index < -0.39 is 0 Å². The van der Waals surface area contributed by atoms with Crippen molar-refractivity contribution < 1.29 is 9.59 Å². The summed E-state index contributed by atoms with van der Waals surface area (Å²) in [5, 5.41) is 2.89. The molecule has 0 spiro atoms. The van der Waals surface area contributed by atoms with Crippen LogP contribution in [0.4, 0.5) is 5.69 Å². The normalized spacial score (nSPS) is 14.4. The Balaban J connectivity index is 1.86. The van der Waals surface area contributed by atoms with E-state index in [1.165, 1.54) is 13.3 Å². The Morgan fingerprint density at radius 2 is 1.72 bits per heavy atom. The van der Waals surface area contributed by atoms with Crippen molar-refractivity contribution in [3.05, 3.63) is 65.2 Å². The molecular weight excluding hydrogens is 362 g/mol. The summed E-state index contributed by atoms with van der Waals surface area (Å²) in [7, 11) is 0. The highest BCUT2D eigenvalue weighted by molar-refractivity contribution is 5.89. The minimum Gasteiger partial charge on any atom is -0.334 e. The van der Waals surface area contributed by atoms with Crippen molar-refractivity contribution >= 4 is 17.5 Å². The van der Waals surface area contributed by atoms with Gasteiger partial charge >= 0.3 is 0 Å². The molecule has 5 nitrogen and oxygen atoms in total. The number of amides is 2. The van der Waals surface area contributed by atoms with Crippen LogP contribution in [0.25, 0.3) is 0 Å². The highest BCUT2D eigenvalue weighted by atomic mass is 16.2. The summed E-state index contributed by atoms with van der Waals surface area (Å²) < 4.78 is 0. The fourth-order valence-corrected chi connectivity index (χ4v) is 4.07. The molecule has 1 aliphatic carbocycles. The Morgan fingerprint density at radius 3 is 2.45 bits per heavy atom. The second-order valence-corrected chi connectivity index (χ2v) is 7.89. The third-order valence-corrected chi connectivity index (χ3v) is 5.56. The van der Waals surface area contributed by atoms with E-state index in [9.17, 15) is 9.59 Å². The zero-order valence-electron chi connectivity index (χ0n) is 17.2. The molecule has 1 saturated carbocycles. The largest absolute Gasteiger partial charge is 0.334 e. The van der Waals surface area contributed by atoms with Gasteiger partial charge in [-0.05, 0) is 35.6 Å². The summed E-state index contributed by atoms with van der Waals surface area (Å²) >= 11 is 0. The molecule has 0 radical (unpaired) electrons. The van der Waals surface area contributed by atoms with Crippen molar-refractivity contribution in [3.63, 3.8) is 0 Å². The number of carbonyl (C=O) groups is 2. The van der Waals surface area contributed by atoms with Crippen LogP contribution in [-0.4, -0.2) is 16.7 Å². The van der Waals surface area contributed by atoms with Gasteiger partial charge in [0.1, 0.15) is 0 Å². The van der Waals surface area contributed by atoms with Crippen LogP contribution in [0, 0.1) is 5.92 Å². The number of para-hydroxylation sites is 1. The number of hydrogen-bond acceptors (Lipinski definition) is 3. The van der Waals surface area contributed by atoms with Gasteiger partial charge in [-0.25, -0.2) is 0 Å². The average molecular weight is 394 g/mol. The van der Waals surface area contributed by atoms with E-state index in [0.29, 0.717) is 19.6 Å². The summed E-state index contributed by atoms with van der Waals surface area (Å²) in [5.41, 5.74) is 9.64. The lowest BCUT2D eigenvalue weighted by atomic mass is 9.88. The number of anilines is 1. The maximum atomic E-state index is 13.4. The molecule has 1 fully saturated rings. The van der Waals surface area contributed by atoms with Gasteiger partial charge in [0.2, 0.25) is 11.8 Å². The zero-order chi connectivity index (χ0) is 20.6. The SMILES string of the molecule is CC(=O)Nc1ccccc1CN(Cc1cccc(CN)c1)C(=O)C1CCCCC1. The molecule has 0 heterocycles. The van der Waals surface area contributed by atoms with Crippen LogP contribution < -0.4 is 11.1 Å². The van der Waals surface area contributed by atoms with E-state index in [-0.39, 0.29) is 17.7 Å². The van der Waals surface area contributed by atoms with E-state index in [0.717, 1.165) is 48.1 Å².